The summed E-state index contributed by atoms with van der Waals surface area (Å²) in [6.07, 6.45) is 10.3. The number of hydrogen-bond donors (Lipinski definition) is 1. The fraction of sp³-hybridized carbons (Fsp3) is 0.600. The van der Waals surface area contributed by atoms with Gasteiger partial charge in [-0.2, -0.15) is 0 Å². The third-order valence-corrected chi connectivity index (χ3v) is 1.99. The molecule has 0 amide bonds. The Morgan fingerprint density at radius 2 is 2.36 bits per heavy atom. The molecule has 1 heteroatoms. The van der Waals surface area contributed by atoms with E-state index in [0.29, 0.717) is 6.04 Å². The molecule has 0 aromatic rings. The monoisotopic (exact) mass is 151 g/mol. The summed E-state index contributed by atoms with van der Waals surface area (Å²) in [5.41, 5.74) is 1.38. The van der Waals surface area contributed by atoms with E-state index >= 15 is 0 Å². The summed E-state index contributed by atoms with van der Waals surface area (Å²) in [5, 5.41) is 3.33. The number of dihydropyridines is 1. The molecule has 0 saturated carbocycles. The molecule has 1 aliphatic rings. The molecule has 1 heterocycles. The van der Waals surface area contributed by atoms with Gasteiger partial charge in [-0.05, 0) is 25.6 Å². The van der Waals surface area contributed by atoms with E-state index in [1.54, 1.807) is 0 Å². The molecule has 0 aromatic heterocycles. The Hall–Kier alpha value is -0.720. The molecule has 1 atom stereocenters. The van der Waals surface area contributed by atoms with Crippen LogP contribution in [0.3, 0.4) is 0 Å². The first-order valence-corrected chi connectivity index (χ1v) is 4.44. The average Bonchev–Trinajstić information content (AvgIpc) is 2.01. The first-order chi connectivity index (χ1) is 5.33. The van der Waals surface area contributed by atoms with Crippen LogP contribution in [0, 0.1) is 0 Å². The fourth-order valence-corrected chi connectivity index (χ4v) is 1.31. The number of hydrogen-bond acceptors (Lipinski definition) is 1. The van der Waals surface area contributed by atoms with Gasteiger partial charge in [-0.15, -0.1) is 0 Å². The molecule has 0 aliphatic carbocycles. The largest absolute Gasteiger partial charge is 0.385 e. The summed E-state index contributed by atoms with van der Waals surface area (Å²) >= 11 is 0. The van der Waals surface area contributed by atoms with Crippen LogP contribution < -0.4 is 5.32 Å². The van der Waals surface area contributed by atoms with E-state index in [4.69, 9.17) is 0 Å². The minimum absolute atomic E-state index is 0.583. The summed E-state index contributed by atoms with van der Waals surface area (Å²) in [7, 11) is 0. The molecule has 0 spiro atoms. The van der Waals surface area contributed by atoms with Gasteiger partial charge in [0.25, 0.3) is 0 Å². The van der Waals surface area contributed by atoms with Crippen LogP contribution in [0.15, 0.2) is 23.9 Å². The van der Waals surface area contributed by atoms with E-state index in [1.165, 1.54) is 24.8 Å². The second-order valence-electron chi connectivity index (χ2n) is 3.16. The minimum atomic E-state index is 0.583. The first-order valence-electron chi connectivity index (χ1n) is 4.44. The Morgan fingerprint density at radius 3 is 3.00 bits per heavy atom. The Kier molecular flexibility index (Phi) is 3.21. The lowest BCUT2D eigenvalue weighted by atomic mass is 10.1. The van der Waals surface area contributed by atoms with Crippen molar-refractivity contribution in [3.63, 3.8) is 0 Å². The van der Waals surface area contributed by atoms with Crippen LogP contribution in [0.4, 0.5) is 0 Å². The van der Waals surface area contributed by atoms with Crippen molar-refractivity contribution in [1.29, 1.82) is 0 Å². The predicted octanol–water partition coefficient (Wildman–Crippen LogP) is 2.61. The van der Waals surface area contributed by atoms with Crippen LogP contribution in [0.2, 0.25) is 0 Å². The average molecular weight is 151 g/mol. The highest BCUT2D eigenvalue weighted by Gasteiger charge is 2.04. The number of rotatable bonds is 3. The Balaban J connectivity index is 2.31. The van der Waals surface area contributed by atoms with Gasteiger partial charge in [0, 0.05) is 6.04 Å². The van der Waals surface area contributed by atoms with Gasteiger partial charge in [0.15, 0.2) is 0 Å². The third-order valence-electron chi connectivity index (χ3n) is 1.99. The Labute approximate surface area is 69.2 Å². The highest BCUT2D eigenvalue weighted by atomic mass is 14.9. The van der Waals surface area contributed by atoms with Gasteiger partial charge in [-0.1, -0.05) is 31.4 Å². The second-order valence-corrected chi connectivity index (χ2v) is 3.16. The maximum atomic E-state index is 3.33. The van der Waals surface area contributed by atoms with Crippen molar-refractivity contribution in [2.45, 2.75) is 39.2 Å². The number of nitrogens with one attached hydrogen (secondary N) is 1. The zero-order valence-corrected chi connectivity index (χ0v) is 7.43. The molecule has 1 N–H and O–H groups in total. The quantitative estimate of drug-likeness (QED) is 0.653. The maximum absolute atomic E-state index is 3.33. The van der Waals surface area contributed by atoms with Crippen LogP contribution in [0.25, 0.3) is 0 Å². The fourth-order valence-electron chi connectivity index (χ4n) is 1.31. The van der Waals surface area contributed by atoms with Crippen LogP contribution in [-0.4, -0.2) is 6.04 Å². The lowest BCUT2D eigenvalue weighted by Crippen LogP contribution is -2.24. The van der Waals surface area contributed by atoms with Crippen molar-refractivity contribution in [2.24, 2.45) is 0 Å². The van der Waals surface area contributed by atoms with E-state index in [1.807, 2.05) is 0 Å². The topological polar surface area (TPSA) is 12.0 Å². The van der Waals surface area contributed by atoms with Crippen molar-refractivity contribution in [3.8, 4) is 0 Å². The van der Waals surface area contributed by atoms with Crippen molar-refractivity contribution in [3.05, 3.63) is 23.9 Å². The SMILES string of the molecule is CCCCC1C=C(C)C=CN1. The first kappa shape index (κ1) is 8.38. The standard InChI is InChI=1S/C10H17N/c1-3-4-5-10-8-9(2)6-7-11-10/h6-8,10-11H,3-5H2,1-2H3. The molecule has 0 fully saturated rings. The summed E-state index contributed by atoms with van der Waals surface area (Å²) in [4.78, 5) is 0. The second kappa shape index (κ2) is 4.22. The van der Waals surface area contributed by atoms with Gasteiger partial charge in [0.2, 0.25) is 0 Å². The highest BCUT2D eigenvalue weighted by Crippen LogP contribution is 2.09. The van der Waals surface area contributed by atoms with Crippen LogP contribution in [0.1, 0.15) is 33.1 Å². The normalized spacial score (nSPS) is 22.7. The van der Waals surface area contributed by atoms with Gasteiger partial charge in [0.05, 0.1) is 0 Å². The zero-order chi connectivity index (χ0) is 8.10. The van der Waals surface area contributed by atoms with Crippen molar-refractivity contribution in [1.82, 2.24) is 5.32 Å². The summed E-state index contributed by atoms with van der Waals surface area (Å²) in [6.45, 7) is 4.38. The van der Waals surface area contributed by atoms with Gasteiger partial charge >= 0.3 is 0 Å². The van der Waals surface area contributed by atoms with E-state index in [2.05, 4.69) is 37.5 Å². The van der Waals surface area contributed by atoms with Gasteiger partial charge < -0.3 is 5.32 Å². The molecule has 0 bridgehead atoms. The molecular formula is C10H17N. The van der Waals surface area contributed by atoms with Gasteiger partial charge in [0.1, 0.15) is 0 Å². The molecule has 0 radical (unpaired) electrons. The molecular weight excluding hydrogens is 134 g/mol. The van der Waals surface area contributed by atoms with Crippen molar-refractivity contribution in [2.75, 3.05) is 0 Å². The summed E-state index contributed by atoms with van der Waals surface area (Å²) < 4.78 is 0. The summed E-state index contributed by atoms with van der Waals surface area (Å²) in [6, 6.07) is 0.583. The van der Waals surface area contributed by atoms with Crippen molar-refractivity contribution >= 4 is 0 Å². The zero-order valence-electron chi connectivity index (χ0n) is 7.43. The summed E-state index contributed by atoms with van der Waals surface area (Å²) in [5.74, 6) is 0. The van der Waals surface area contributed by atoms with E-state index in [-0.39, 0.29) is 0 Å². The minimum Gasteiger partial charge on any atom is -0.385 e. The van der Waals surface area contributed by atoms with Gasteiger partial charge in [-0.25, -0.2) is 0 Å². The molecule has 1 unspecified atom stereocenters. The highest BCUT2D eigenvalue weighted by molar-refractivity contribution is 5.22. The van der Waals surface area contributed by atoms with E-state index < -0.39 is 0 Å². The molecule has 1 aliphatic heterocycles. The smallest absolute Gasteiger partial charge is 0.0444 e. The van der Waals surface area contributed by atoms with E-state index in [9.17, 15) is 0 Å². The Morgan fingerprint density at radius 1 is 1.55 bits per heavy atom. The third kappa shape index (κ3) is 2.79. The van der Waals surface area contributed by atoms with E-state index in [0.717, 1.165) is 0 Å². The lowest BCUT2D eigenvalue weighted by molar-refractivity contribution is 0.590. The molecule has 11 heavy (non-hydrogen) atoms. The number of allylic oxidation sites excluding steroid dienone is 2. The molecule has 0 saturated heterocycles. The van der Waals surface area contributed by atoms with Gasteiger partial charge in [-0.3, -0.25) is 0 Å². The van der Waals surface area contributed by atoms with Crippen molar-refractivity contribution < 1.29 is 0 Å². The van der Waals surface area contributed by atoms with Crippen LogP contribution in [0.5, 0.6) is 0 Å². The Bertz CT molecular complexity index is 168. The predicted molar refractivity (Wildman–Crippen MR) is 49.3 cm³/mol. The van der Waals surface area contributed by atoms with Crippen LogP contribution >= 0.6 is 0 Å². The molecule has 1 rings (SSSR count). The molecule has 0 aromatic carbocycles. The maximum Gasteiger partial charge on any atom is 0.0444 e. The molecule has 1 nitrogen and oxygen atoms in total. The number of unbranched alkanes of at least 4 members (excludes halogenated alkanes) is 1. The van der Waals surface area contributed by atoms with Crippen LogP contribution in [-0.2, 0) is 0 Å². The lowest BCUT2D eigenvalue weighted by Gasteiger charge is -2.16. The molecule has 62 valence electrons.